The van der Waals surface area contributed by atoms with Gasteiger partial charge in [-0.2, -0.15) is 0 Å². The maximum absolute atomic E-state index is 9.76. The van der Waals surface area contributed by atoms with Crippen LogP contribution >= 0.6 is 0 Å². The highest BCUT2D eigenvalue weighted by Gasteiger charge is 2.11. The zero-order valence-electron chi connectivity index (χ0n) is 9.46. The van der Waals surface area contributed by atoms with Crippen LogP contribution in [0.3, 0.4) is 0 Å². The number of nitrogen functional groups attached to an aromatic ring is 1. The third-order valence-electron chi connectivity index (χ3n) is 2.33. The van der Waals surface area contributed by atoms with Crippen LogP contribution < -0.4 is 5.73 Å². The number of hydrogen-bond acceptors (Lipinski definition) is 5. The Morgan fingerprint density at radius 2 is 2.27 bits per heavy atom. The molecule has 1 atom stereocenters. The number of nitrogens with zero attached hydrogens (tertiary/aromatic N) is 4. The molecule has 0 saturated heterocycles. The highest BCUT2D eigenvalue weighted by molar-refractivity contribution is 5.19. The summed E-state index contributed by atoms with van der Waals surface area (Å²) in [5.41, 5.74) is 5.42. The van der Waals surface area contributed by atoms with Gasteiger partial charge in [0.15, 0.2) is 5.82 Å². The van der Waals surface area contributed by atoms with E-state index in [-0.39, 0.29) is 0 Å². The maximum Gasteiger partial charge on any atom is 0.165 e. The van der Waals surface area contributed by atoms with Gasteiger partial charge in [0, 0.05) is 12.6 Å². The van der Waals surface area contributed by atoms with E-state index in [1.807, 2.05) is 7.05 Å². The average molecular weight is 213 g/mol. The summed E-state index contributed by atoms with van der Waals surface area (Å²) in [5.74, 6) is 0.374. The van der Waals surface area contributed by atoms with Gasteiger partial charge in [-0.25, -0.2) is 4.68 Å². The second-order valence-corrected chi connectivity index (χ2v) is 4.05. The Bertz CT molecular complexity index is 298. The van der Waals surface area contributed by atoms with Gasteiger partial charge in [-0.15, -0.1) is 5.10 Å². The molecule has 0 aliphatic carbocycles. The summed E-state index contributed by atoms with van der Waals surface area (Å²) in [6, 6.07) is 0.417. The molecule has 1 aromatic heterocycles. The van der Waals surface area contributed by atoms with Gasteiger partial charge in [-0.05, 0) is 20.9 Å². The molecule has 1 unspecified atom stereocenters. The topological polar surface area (TPSA) is 80.2 Å². The molecule has 0 aromatic carbocycles. The molecule has 6 heteroatoms. The van der Waals surface area contributed by atoms with Gasteiger partial charge in [0.05, 0.1) is 18.8 Å². The van der Waals surface area contributed by atoms with Gasteiger partial charge in [0.1, 0.15) is 0 Å². The summed E-state index contributed by atoms with van der Waals surface area (Å²) in [6.45, 7) is 5.19. The van der Waals surface area contributed by atoms with Gasteiger partial charge < -0.3 is 15.7 Å². The molecule has 0 amide bonds. The lowest BCUT2D eigenvalue weighted by Gasteiger charge is -2.23. The second kappa shape index (κ2) is 5.09. The lowest BCUT2D eigenvalue weighted by molar-refractivity contribution is 0.0938. The van der Waals surface area contributed by atoms with Crippen molar-refractivity contribution < 1.29 is 5.11 Å². The van der Waals surface area contributed by atoms with Crippen LogP contribution in [0.15, 0.2) is 6.20 Å². The van der Waals surface area contributed by atoms with E-state index in [4.69, 9.17) is 5.73 Å². The standard InChI is InChI=1S/C9H19N5O/c1-7(2)13(3)4-8(15)5-14-6-9(10)11-12-14/h6-8,15H,4-5,10H2,1-3H3. The van der Waals surface area contributed by atoms with E-state index in [0.717, 1.165) is 0 Å². The molecule has 0 spiro atoms. The minimum atomic E-state index is -0.460. The molecule has 1 heterocycles. The molecule has 0 fully saturated rings. The Morgan fingerprint density at radius 1 is 1.60 bits per heavy atom. The van der Waals surface area contributed by atoms with Gasteiger partial charge in [-0.1, -0.05) is 5.21 Å². The van der Waals surface area contributed by atoms with Crippen LogP contribution in [0.4, 0.5) is 5.82 Å². The Hall–Kier alpha value is -1.14. The maximum atomic E-state index is 9.76. The number of hydrogen-bond donors (Lipinski definition) is 2. The van der Waals surface area contributed by atoms with E-state index in [1.54, 1.807) is 10.9 Å². The van der Waals surface area contributed by atoms with E-state index >= 15 is 0 Å². The minimum absolute atomic E-state index is 0.374. The van der Waals surface area contributed by atoms with Crippen molar-refractivity contribution in [3.05, 3.63) is 6.20 Å². The predicted octanol–water partition coefficient (Wildman–Crippen LogP) is -0.439. The van der Waals surface area contributed by atoms with Crippen LogP contribution in [-0.4, -0.2) is 50.7 Å². The molecule has 0 aliphatic heterocycles. The first-order valence-electron chi connectivity index (χ1n) is 5.03. The van der Waals surface area contributed by atoms with Gasteiger partial charge in [-0.3, -0.25) is 0 Å². The first-order valence-corrected chi connectivity index (χ1v) is 5.03. The molecule has 86 valence electrons. The summed E-state index contributed by atoms with van der Waals surface area (Å²) in [4.78, 5) is 2.07. The summed E-state index contributed by atoms with van der Waals surface area (Å²) >= 11 is 0. The number of aliphatic hydroxyl groups excluding tert-OH is 1. The molecule has 0 radical (unpaired) electrons. The zero-order chi connectivity index (χ0) is 11.4. The zero-order valence-corrected chi connectivity index (χ0v) is 9.46. The van der Waals surface area contributed by atoms with Gasteiger partial charge >= 0.3 is 0 Å². The van der Waals surface area contributed by atoms with E-state index in [9.17, 15) is 5.11 Å². The van der Waals surface area contributed by atoms with Crippen molar-refractivity contribution in [1.82, 2.24) is 19.9 Å². The van der Waals surface area contributed by atoms with Gasteiger partial charge in [0.25, 0.3) is 0 Å². The van der Waals surface area contributed by atoms with Crippen LogP contribution in [0.2, 0.25) is 0 Å². The lowest BCUT2D eigenvalue weighted by atomic mass is 10.3. The van der Waals surface area contributed by atoms with Crippen molar-refractivity contribution in [3.63, 3.8) is 0 Å². The molecular weight excluding hydrogens is 194 g/mol. The van der Waals surface area contributed by atoms with Crippen LogP contribution in [0.5, 0.6) is 0 Å². The second-order valence-electron chi connectivity index (χ2n) is 4.05. The lowest BCUT2D eigenvalue weighted by Crippen LogP contribution is -2.36. The van der Waals surface area contributed by atoms with Gasteiger partial charge in [0.2, 0.25) is 0 Å². The third-order valence-corrected chi connectivity index (χ3v) is 2.33. The molecule has 3 N–H and O–H groups in total. The molecule has 0 bridgehead atoms. The minimum Gasteiger partial charge on any atom is -0.390 e. The third kappa shape index (κ3) is 3.85. The Labute approximate surface area is 89.7 Å². The van der Waals surface area contributed by atoms with E-state index in [1.165, 1.54) is 0 Å². The summed E-state index contributed by atoms with van der Waals surface area (Å²) in [6.07, 6.45) is 1.15. The predicted molar refractivity (Wildman–Crippen MR) is 58.2 cm³/mol. The number of nitrogens with two attached hydrogens (primary N) is 1. The number of rotatable bonds is 5. The Kier molecular flexibility index (Phi) is 4.05. The van der Waals surface area contributed by atoms with Crippen molar-refractivity contribution in [2.24, 2.45) is 0 Å². The first kappa shape index (κ1) is 11.9. The van der Waals surface area contributed by atoms with Crippen LogP contribution in [0.25, 0.3) is 0 Å². The summed E-state index contributed by atoms with van der Waals surface area (Å²) < 4.78 is 1.55. The summed E-state index contributed by atoms with van der Waals surface area (Å²) in [5, 5.41) is 17.2. The van der Waals surface area contributed by atoms with E-state index in [2.05, 4.69) is 29.1 Å². The fraction of sp³-hybridized carbons (Fsp3) is 0.778. The number of aromatic nitrogens is 3. The summed E-state index contributed by atoms with van der Waals surface area (Å²) in [7, 11) is 1.98. The molecule has 0 saturated carbocycles. The van der Waals surface area contributed by atoms with Crippen LogP contribution in [-0.2, 0) is 6.54 Å². The number of anilines is 1. The van der Waals surface area contributed by atoms with Crippen molar-refractivity contribution in [1.29, 1.82) is 0 Å². The van der Waals surface area contributed by atoms with E-state index < -0.39 is 6.10 Å². The largest absolute Gasteiger partial charge is 0.390 e. The Morgan fingerprint density at radius 3 is 2.73 bits per heavy atom. The fourth-order valence-electron chi connectivity index (χ4n) is 1.22. The highest BCUT2D eigenvalue weighted by atomic mass is 16.3. The average Bonchev–Trinajstić information content (AvgIpc) is 2.50. The number of aliphatic hydroxyl groups is 1. The molecule has 1 aromatic rings. The molecule has 1 rings (SSSR count). The monoisotopic (exact) mass is 213 g/mol. The normalized spacial score (nSPS) is 13.7. The first-order chi connectivity index (χ1) is 6.99. The quantitative estimate of drug-likeness (QED) is 0.693. The van der Waals surface area contributed by atoms with Crippen molar-refractivity contribution in [2.75, 3.05) is 19.3 Å². The SMILES string of the molecule is CC(C)N(C)CC(O)Cn1cc(N)nn1. The van der Waals surface area contributed by atoms with Crippen LogP contribution in [0, 0.1) is 0 Å². The van der Waals surface area contributed by atoms with E-state index in [0.29, 0.717) is 24.9 Å². The van der Waals surface area contributed by atoms with Crippen molar-refractivity contribution in [3.8, 4) is 0 Å². The molecule has 6 nitrogen and oxygen atoms in total. The fourth-order valence-corrected chi connectivity index (χ4v) is 1.22. The van der Waals surface area contributed by atoms with Crippen molar-refractivity contribution >= 4 is 5.82 Å². The Balaban J connectivity index is 2.39. The molecule has 15 heavy (non-hydrogen) atoms. The highest BCUT2D eigenvalue weighted by Crippen LogP contribution is 1.99. The smallest absolute Gasteiger partial charge is 0.165 e. The molecular formula is C9H19N5O. The van der Waals surface area contributed by atoms with Crippen molar-refractivity contribution in [2.45, 2.75) is 32.5 Å². The number of likely N-dealkylation sites (N-methyl/N-ethyl adjacent to an activating group) is 1. The molecule has 0 aliphatic rings. The van der Waals surface area contributed by atoms with Crippen LogP contribution in [0.1, 0.15) is 13.8 Å².